The molecule has 1 aliphatic carbocycles. The van der Waals surface area contributed by atoms with Crippen molar-refractivity contribution in [3.8, 4) is 0 Å². The van der Waals surface area contributed by atoms with Crippen LogP contribution in [0.4, 0.5) is 0 Å². The van der Waals surface area contributed by atoms with Gasteiger partial charge in [0.1, 0.15) is 0 Å². The van der Waals surface area contributed by atoms with Crippen molar-refractivity contribution in [2.75, 3.05) is 46.9 Å². The molecule has 3 heteroatoms. The highest BCUT2D eigenvalue weighted by molar-refractivity contribution is 4.96. The molecule has 2 fully saturated rings. The minimum absolute atomic E-state index is 0.610. The van der Waals surface area contributed by atoms with Crippen LogP contribution in [-0.2, 0) is 4.74 Å². The van der Waals surface area contributed by atoms with Gasteiger partial charge in [0, 0.05) is 26.3 Å². The highest BCUT2D eigenvalue weighted by atomic mass is 16.5. The van der Waals surface area contributed by atoms with E-state index in [9.17, 15) is 0 Å². The number of rotatable bonds is 7. The van der Waals surface area contributed by atoms with Crippen LogP contribution in [0.5, 0.6) is 0 Å². The number of hydrogen-bond donors (Lipinski definition) is 1. The van der Waals surface area contributed by atoms with Crippen molar-refractivity contribution in [2.45, 2.75) is 32.1 Å². The maximum atomic E-state index is 5.41. The SMILES string of the molecule is CNCC1(CN(C)CCC2CCOCC2)CC1. The zero-order chi connectivity index (χ0) is 12.1. The molecule has 0 amide bonds. The molecule has 2 aliphatic rings. The summed E-state index contributed by atoms with van der Waals surface area (Å²) >= 11 is 0. The van der Waals surface area contributed by atoms with Crippen LogP contribution in [0.15, 0.2) is 0 Å². The van der Waals surface area contributed by atoms with Gasteiger partial charge in [-0.05, 0) is 64.1 Å². The van der Waals surface area contributed by atoms with Gasteiger partial charge in [-0.3, -0.25) is 0 Å². The average molecular weight is 240 g/mol. The van der Waals surface area contributed by atoms with E-state index in [1.54, 1.807) is 0 Å². The van der Waals surface area contributed by atoms with Gasteiger partial charge in [0.15, 0.2) is 0 Å². The molecule has 0 unspecified atom stereocenters. The second-order valence-corrected chi connectivity index (χ2v) is 6.11. The molecule has 0 aromatic rings. The first kappa shape index (κ1) is 13.3. The van der Waals surface area contributed by atoms with Crippen LogP contribution in [0.25, 0.3) is 0 Å². The third-order valence-electron chi connectivity index (χ3n) is 4.37. The van der Waals surface area contributed by atoms with Crippen molar-refractivity contribution >= 4 is 0 Å². The lowest BCUT2D eigenvalue weighted by Crippen LogP contribution is -2.34. The fraction of sp³-hybridized carbons (Fsp3) is 1.00. The number of hydrogen-bond acceptors (Lipinski definition) is 3. The van der Waals surface area contributed by atoms with E-state index in [-0.39, 0.29) is 0 Å². The Labute approximate surface area is 106 Å². The van der Waals surface area contributed by atoms with Crippen molar-refractivity contribution < 1.29 is 4.74 Å². The lowest BCUT2D eigenvalue weighted by Gasteiger charge is -2.27. The van der Waals surface area contributed by atoms with E-state index in [2.05, 4.69) is 24.3 Å². The maximum absolute atomic E-state index is 5.41. The molecule has 1 N–H and O–H groups in total. The minimum atomic E-state index is 0.610. The number of nitrogens with one attached hydrogen (secondary N) is 1. The molecule has 1 heterocycles. The second kappa shape index (κ2) is 6.17. The van der Waals surface area contributed by atoms with E-state index < -0.39 is 0 Å². The third-order valence-corrected chi connectivity index (χ3v) is 4.37. The van der Waals surface area contributed by atoms with Crippen molar-refractivity contribution in [3.63, 3.8) is 0 Å². The summed E-state index contributed by atoms with van der Waals surface area (Å²) in [6.45, 7) is 5.69. The molecule has 2 rings (SSSR count). The molecular formula is C14H28N2O. The first-order chi connectivity index (χ1) is 8.24. The Kier molecular flexibility index (Phi) is 4.83. The average Bonchev–Trinajstić information content (AvgIpc) is 3.08. The summed E-state index contributed by atoms with van der Waals surface area (Å²) in [7, 11) is 4.36. The number of nitrogens with zero attached hydrogens (tertiary/aromatic N) is 1. The lowest BCUT2D eigenvalue weighted by atomic mass is 9.96. The Bertz CT molecular complexity index is 222. The molecule has 0 radical (unpaired) electrons. The molecule has 100 valence electrons. The molecular weight excluding hydrogens is 212 g/mol. The highest BCUT2D eigenvalue weighted by Gasteiger charge is 2.42. The van der Waals surface area contributed by atoms with Crippen molar-refractivity contribution in [2.24, 2.45) is 11.3 Å². The van der Waals surface area contributed by atoms with Gasteiger partial charge in [-0.1, -0.05) is 0 Å². The zero-order valence-corrected chi connectivity index (χ0v) is 11.5. The van der Waals surface area contributed by atoms with E-state index >= 15 is 0 Å². The first-order valence-corrected chi connectivity index (χ1v) is 7.15. The Morgan fingerprint density at radius 1 is 1.29 bits per heavy atom. The summed E-state index contributed by atoms with van der Waals surface area (Å²) < 4.78 is 5.41. The van der Waals surface area contributed by atoms with Crippen LogP contribution in [-0.4, -0.2) is 51.8 Å². The largest absolute Gasteiger partial charge is 0.381 e. The van der Waals surface area contributed by atoms with E-state index in [0.717, 1.165) is 19.1 Å². The van der Waals surface area contributed by atoms with Crippen molar-refractivity contribution in [1.82, 2.24) is 10.2 Å². The van der Waals surface area contributed by atoms with Crippen LogP contribution in [0.3, 0.4) is 0 Å². The van der Waals surface area contributed by atoms with Crippen molar-refractivity contribution in [1.29, 1.82) is 0 Å². The molecule has 0 bridgehead atoms. The zero-order valence-electron chi connectivity index (χ0n) is 11.5. The van der Waals surface area contributed by atoms with Gasteiger partial charge in [-0.15, -0.1) is 0 Å². The molecule has 1 aliphatic heterocycles. The Morgan fingerprint density at radius 3 is 2.59 bits per heavy atom. The third kappa shape index (κ3) is 4.23. The van der Waals surface area contributed by atoms with Crippen molar-refractivity contribution in [3.05, 3.63) is 0 Å². The van der Waals surface area contributed by atoms with Gasteiger partial charge in [0.2, 0.25) is 0 Å². The molecule has 17 heavy (non-hydrogen) atoms. The monoisotopic (exact) mass is 240 g/mol. The summed E-state index contributed by atoms with van der Waals surface area (Å²) in [6, 6.07) is 0. The quantitative estimate of drug-likeness (QED) is 0.733. The first-order valence-electron chi connectivity index (χ1n) is 7.15. The lowest BCUT2D eigenvalue weighted by molar-refractivity contribution is 0.0603. The van der Waals surface area contributed by atoms with Gasteiger partial charge in [0.25, 0.3) is 0 Å². The Balaban J connectivity index is 1.61. The molecule has 1 saturated carbocycles. The van der Waals surface area contributed by atoms with E-state index in [1.807, 2.05) is 0 Å². The fourth-order valence-corrected chi connectivity index (χ4v) is 3.03. The molecule has 3 nitrogen and oxygen atoms in total. The summed E-state index contributed by atoms with van der Waals surface area (Å²) in [6.07, 6.45) is 6.73. The van der Waals surface area contributed by atoms with Gasteiger partial charge in [0.05, 0.1) is 0 Å². The summed E-state index contributed by atoms with van der Waals surface area (Å²) in [5.41, 5.74) is 0.610. The van der Waals surface area contributed by atoms with Crippen LogP contribution in [0.1, 0.15) is 32.1 Å². The highest BCUT2D eigenvalue weighted by Crippen LogP contribution is 2.45. The predicted molar refractivity (Wildman–Crippen MR) is 71.3 cm³/mol. The van der Waals surface area contributed by atoms with E-state index in [1.165, 1.54) is 51.7 Å². The van der Waals surface area contributed by atoms with Gasteiger partial charge in [-0.2, -0.15) is 0 Å². The van der Waals surface area contributed by atoms with E-state index in [0.29, 0.717) is 5.41 Å². The normalized spacial score (nSPS) is 24.2. The smallest absolute Gasteiger partial charge is 0.0468 e. The summed E-state index contributed by atoms with van der Waals surface area (Å²) in [5.74, 6) is 0.908. The molecule has 0 atom stereocenters. The van der Waals surface area contributed by atoms with Gasteiger partial charge >= 0.3 is 0 Å². The summed E-state index contributed by atoms with van der Waals surface area (Å²) in [4.78, 5) is 2.54. The van der Waals surface area contributed by atoms with Crippen LogP contribution in [0, 0.1) is 11.3 Å². The van der Waals surface area contributed by atoms with Gasteiger partial charge in [-0.25, -0.2) is 0 Å². The Hall–Kier alpha value is -0.120. The second-order valence-electron chi connectivity index (χ2n) is 6.11. The standard InChI is InChI=1S/C14H28N2O/c1-15-11-14(6-7-14)12-16(2)8-3-13-4-9-17-10-5-13/h13,15H,3-12H2,1-2H3. The topological polar surface area (TPSA) is 24.5 Å². The maximum Gasteiger partial charge on any atom is 0.0468 e. The van der Waals surface area contributed by atoms with Crippen LogP contribution >= 0.6 is 0 Å². The molecule has 0 aromatic carbocycles. The van der Waals surface area contributed by atoms with Crippen LogP contribution < -0.4 is 5.32 Å². The Morgan fingerprint density at radius 2 is 2.00 bits per heavy atom. The van der Waals surface area contributed by atoms with Crippen LogP contribution in [0.2, 0.25) is 0 Å². The van der Waals surface area contributed by atoms with Gasteiger partial charge < -0.3 is 15.0 Å². The van der Waals surface area contributed by atoms with E-state index in [4.69, 9.17) is 4.74 Å². The fourth-order valence-electron chi connectivity index (χ4n) is 3.03. The predicted octanol–water partition coefficient (Wildman–Crippen LogP) is 1.73. The molecule has 1 saturated heterocycles. The minimum Gasteiger partial charge on any atom is -0.381 e. The molecule has 0 aromatic heterocycles. The summed E-state index contributed by atoms with van der Waals surface area (Å²) in [5, 5.41) is 3.34. The number of ether oxygens (including phenoxy) is 1. The molecule has 0 spiro atoms.